The van der Waals surface area contributed by atoms with Crippen molar-refractivity contribution in [1.82, 2.24) is 20.1 Å². The van der Waals surface area contributed by atoms with Gasteiger partial charge in [-0.15, -0.1) is 0 Å². The van der Waals surface area contributed by atoms with Crippen LogP contribution in [0.3, 0.4) is 0 Å². The molecule has 17 heavy (non-hydrogen) atoms. The molecule has 0 unspecified atom stereocenters. The van der Waals surface area contributed by atoms with Crippen LogP contribution in [0.15, 0.2) is 35.1 Å². The summed E-state index contributed by atoms with van der Waals surface area (Å²) in [7, 11) is 1.87. The lowest BCUT2D eigenvalue weighted by molar-refractivity contribution is 0.647. The first-order chi connectivity index (χ1) is 8.24. The fourth-order valence-electron chi connectivity index (χ4n) is 1.55. The van der Waals surface area contributed by atoms with Crippen LogP contribution in [0.2, 0.25) is 0 Å². The van der Waals surface area contributed by atoms with Crippen molar-refractivity contribution in [3.05, 3.63) is 46.5 Å². The molecule has 0 aliphatic heterocycles. The van der Waals surface area contributed by atoms with Gasteiger partial charge in [0.25, 0.3) is 0 Å². The molecule has 0 saturated heterocycles. The van der Waals surface area contributed by atoms with E-state index in [0.29, 0.717) is 0 Å². The molecule has 0 amide bonds. The standard InChI is InChI=1S/C12H15BrN4/c1-17-9-15-12(16-17)8-14-7-6-10-2-4-11(13)5-3-10/h2-5,9,14H,6-8H2,1H3. The SMILES string of the molecule is Cn1cnc(CNCCc2ccc(Br)cc2)n1. The van der Waals surface area contributed by atoms with Gasteiger partial charge in [0.2, 0.25) is 0 Å². The van der Waals surface area contributed by atoms with E-state index in [1.165, 1.54) is 5.56 Å². The predicted molar refractivity (Wildman–Crippen MR) is 70.6 cm³/mol. The first-order valence-corrected chi connectivity index (χ1v) is 6.33. The minimum atomic E-state index is 0.720. The van der Waals surface area contributed by atoms with Gasteiger partial charge in [0.05, 0.1) is 6.54 Å². The maximum atomic E-state index is 4.20. The molecule has 2 rings (SSSR count). The van der Waals surface area contributed by atoms with E-state index in [9.17, 15) is 0 Å². The van der Waals surface area contributed by atoms with Crippen molar-refractivity contribution in [2.45, 2.75) is 13.0 Å². The number of hydrogen-bond donors (Lipinski definition) is 1. The lowest BCUT2D eigenvalue weighted by Gasteiger charge is -2.02. The summed E-state index contributed by atoms with van der Waals surface area (Å²) < 4.78 is 2.83. The highest BCUT2D eigenvalue weighted by Crippen LogP contribution is 2.10. The van der Waals surface area contributed by atoms with Gasteiger partial charge >= 0.3 is 0 Å². The molecule has 0 radical (unpaired) electrons. The van der Waals surface area contributed by atoms with Crippen molar-refractivity contribution < 1.29 is 0 Å². The third-order valence-corrected chi connectivity index (χ3v) is 2.96. The lowest BCUT2D eigenvalue weighted by atomic mass is 10.1. The van der Waals surface area contributed by atoms with Crippen LogP contribution in [0, 0.1) is 0 Å². The van der Waals surface area contributed by atoms with E-state index in [0.717, 1.165) is 29.8 Å². The van der Waals surface area contributed by atoms with Gasteiger partial charge in [-0.2, -0.15) is 5.10 Å². The highest BCUT2D eigenvalue weighted by atomic mass is 79.9. The number of nitrogens with zero attached hydrogens (tertiary/aromatic N) is 3. The van der Waals surface area contributed by atoms with E-state index < -0.39 is 0 Å². The number of aryl methyl sites for hydroxylation is 1. The molecule has 2 aromatic rings. The maximum Gasteiger partial charge on any atom is 0.164 e. The van der Waals surface area contributed by atoms with E-state index in [1.807, 2.05) is 7.05 Å². The van der Waals surface area contributed by atoms with Crippen molar-refractivity contribution >= 4 is 15.9 Å². The summed E-state index contributed by atoms with van der Waals surface area (Å²) in [6.07, 6.45) is 2.73. The summed E-state index contributed by atoms with van der Waals surface area (Å²) in [4.78, 5) is 4.16. The Morgan fingerprint density at radius 2 is 2.06 bits per heavy atom. The summed E-state index contributed by atoms with van der Waals surface area (Å²) in [5, 5.41) is 7.53. The summed E-state index contributed by atoms with van der Waals surface area (Å²) in [6.45, 7) is 1.65. The molecule has 4 nitrogen and oxygen atoms in total. The Hall–Kier alpha value is -1.20. The van der Waals surface area contributed by atoms with E-state index in [-0.39, 0.29) is 0 Å². The zero-order valence-electron chi connectivity index (χ0n) is 9.73. The Morgan fingerprint density at radius 3 is 2.71 bits per heavy atom. The molecule has 1 aromatic heterocycles. The lowest BCUT2D eigenvalue weighted by Crippen LogP contribution is -2.17. The van der Waals surface area contributed by atoms with Gasteiger partial charge in [-0.1, -0.05) is 28.1 Å². The third-order valence-electron chi connectivity index (χ3n) is 2.43. The van der Waals surface area contributed by atoms with Crippen LogP contribution in [0.5, 0.6) is 0 Å². The molecule has 0 bridgehead atoms. The highest BCUT2D eigenvalue weighted by molar-refractivity contribution is 9.10. The van der Waals surface area contributed by atoms with Gasteiger partial charge in [-0.25, -0.2) is 4.98 Å². The van der Waals surface area contributed by atoms with Gasteiger partial charge in [0.15, 0.2) is 5.82 Å². The molecule has 0 atom stereocenters. The smallest absolute Gasteiger partial charge is 0.164 e. The van der Waals surface area contributed by atoms with E-state index in [4.69, 9.17) is 0 Å². The number of halogens is 1. The van der Waals surface area contributed by atoms with Crippen molar-refractivity contribution in [3.8, 4) is 0 Å². The molecular weight excluding hydrogens is 280 g/mol. The number of hydrogen-bond acceptors (Lipinski definition) is 3. The van der Waals surface area contributed by atoms with Gasteiger partial charge in [-0.3, -0.25) is 4.68 Å². The predicted octanol–water partition coefficient (Wildman–Crippen LogP) is 1.91. The monoisotopic (exact) mass is 294 g/mol. The topological polar surface area (TPSA) is 42.7 Å². The Morgan fingerprint density at radius 1 is 1.29 bits per heavy atom. The number of aromatic nitrogens is 3. The van der Waals surface area contributed by atoms with E-state index in [2.05, 4.69) is 55.6 Å². The van der Waals surface area contributed by atoms with Crippen LogP contribution >= 0.6 is 15.9 Å². The molecule has 1 aromatic carbocycles. The second-order valence-electron chi connectivity index (χ2n) is 3.89. The van der Waals surface area contributed by atoms with Crippen molar-refractivity contribution in [3.63, 3.8) is 0 Å². The molecule has 0 saturated carbocycles. The summed E-state index contributed by atoms with van der Waals surface area (Å²) in [5.74, 6) is 0.836. The normalized spacial score (nSPS) is 10.7. The quantitative estimate of drug-likeness (QED) is 0.857. The first kappa shape index (κ1) is 12.3. The molecule has 0 fully saturated rings. The number of nitrogens with one attached hydrogen (secondary N) is 1. The average Bonchev–Trinajstić information content (AvgIpc) is 2.73. The van der Waals surface area contributed by atoms with Crippen molar-refractivity contribution in [1.29, 1.82) is 0 Å². The summed E-state index contributed by atoms with van der Waals surface area (Å²) in [6, 6.07) is 8.39. The molecule has 1 heterocycles. The van der Waals surface area contributed by atoms with Gasteiger partial charge < -0.3 is 5.32 Å². The summed E-state index contributed by atoms with van der Waals surface area (Å²) in [5.41, 5.74) is 1.33. The second-order valence-corrected chi connectivity index (χ2v) is 4.80. The first-order valence-electron chi connectivity index (χ1n) is 5.54. The van der Waals surface area contributed by atoms with Gasteiger partial charge in [0.1, 0.15) is 6.33 Å². The van der Waals surface area contributed by atoms with Crippen molar-refractivity contribution in [2.24, 2.45) is 7.05 Å². The van der Waals surface area contributed by atoms with Crippen LogP contribution in [0.4, 0.5) is 0 Å². The number of benzene rings is 1. The van der Waals surface area contributed by atoms with Crippen LogP contribution in [-0.2, 0) is 20.0 Å². The largest absolute Gasteiger partial charge is 0.309 e. The van der Waals surface area contributed by atoms with E-state index >= 15 is 0 Å². The zero-order valence-corrected chi connectivity index (χ0v) is 11.3. The Balaban J connectivity index is 1.71. The second kappa shape index (κ2) is 5.93. The molecule has 5 heteroatoms. The van der Waals surface area contributed by atoms with Crippen LogP contribution < -0.4 is 5.32 Å². The highest BCUT2D eigenvalue weighted by Gasteiger charge is 1.98. The third kappa shape index (κ3) is 3.94. The van der Waals surface area contributed by atoms with Crippen LogP contribution in [-0.4, -0.2) is 21.3 Å². The fourth-order valence-corrected chi connectivity index (χ4v) is 1.81. The van der Waals surface area contributed by atoms with Crippen molar-refractivity contribution in [2.75, 3.05) is 6.54 Å². The average molecular weight is 295 g/mol. The molecule has 0 aliphatic carbocycles. The molecule has 90 valence electrons. The Labute approximate surface area is 109 Å². The van der Waals surface area contributed by atoms with Crippen LogP contribution in [0.25, 0.3) is 0 Å². The number of rotatable bonds is 5. The molecule has 0 spiro atoms. The Bertz CT molecular complexity index is 464. The summed E-state index contributed by atoms with van der Waals surface area (Å²) >= 11 is 3.43. The zero-order chi connectivity index (χ0) is 12.1. The fraction of sp³-hybridized carbons (Fsp3) is 0.333. The van der Waals surface area contributed by atoms with Crippen LogP contribution in [0.1, 0.15) is 11.4 Å². The van der Waals surface area contributed by atoms with Gasteiger partial charge in [0, 0.05) is 11.5 Å². The maximum absolute atomic E-state index is 4.20. The molecular formula is C12H15BrN4. The minimum Gasteiger partial charge on any atom is -0.309 e. The molecule has 0 aliphatic rings. The Kier molecular flexibility index (Phi) is 4.28. The van der Waals surface area contributed by atoms with E-state index in [1.54, 1.807) is 11.0 Å². The van der Waals surface area contributed by atoms with Gasteiger partial charge in [-0.05, 0) is 30.7 Å². The minimum absolute atomic E-state index is 0.720. The molecule has 1 N–H and O–H groups in total.